The van der Waals surface area contributed by atoms with Crippen LogP contribution in [0.3, 0.4) is 0 Å². The molecule has 3 heteroatoms. The van der Waals surface area contributed by atoms with E-state index in [0.717, 1.165) is 15.4 Å². The van der Waals surface area contributed by atoms with Gasteiger partial charge in [-0.2, -0.15) is 0 Å². The van der Waals surface area contributed by atoms with Crippen LogP contribution in [-0.4, -0.2) is 7.05 Å². The van der Waals surface area contributed by atoms with Crippen molar-refractivity contribution in [3.05, 3.63) is 68.1 Å². The number of benzene rings is 2. The van der Waals surface area contributed by atoms with E-state index in [1.807, 2.05) is 7.05 Å². The summed E-state index contributed by atoms with van der Waals surface area (Å²) >= 11 is 7.10. The van der Waals surface area contributed by atoms with Crippen molar-refractivity contribution < 1.29 is 0 Å². The van der Waals surface area contributed by atoms with Crippen LogP contribution in [0, 0.1) is 0 Å². The third kappa shape index (κ3) is 3.68. The molecule has 1 N–H and O–H groups in total. The zero-order valence-electron chi connectivity index (χ0n) is 11.1. The van der Waals surface area contributed by atoms with Crippen LogP contribution in [0.2, 0.25) is 0 Å². The van der Waals surface area contributed by atoms with Crippen LogP contribution in [0.25, 0.3) is 0 Å². The zero-order chi connectivity index (χ0) is 13.8. The van der Waals surface area contributed by atoms with E-state index < -0.39 is 0 Å². The summed E-state index contributed by atoms with van der Waals surface area (Å²) in [5.41, 5.74) is 3.90. The Bertz CT molecular complexity index is 529. The normalized spacial score (nSPS) is 12.4. The molecule has 2 aromatic carbocycles. The maximum absolute atomic E-state index is 3.55. The van der Waals surface area contributed by atoms with Gasteiger partial charge in [-0.05, 0) is 48.4 Å². The molecule has 0 saturated heterocycles. The predicted molar refractivity (Wildman–Crippen MR) is 88.6 cm³/mol. The highest BCUT2D eigenvalue weighted by Gasteiger charge is 2.12. The Balaban J connectivity index is 2.37. The minimum Gasteiger partial charge on any atom is -0.309 e. The SMILES string of the molecule is CCc1ccc(C(NC)c2cc(Br)cc(Br)c2)cc1. The maximum atomic E-state index is 3.55. The van der Waals surface area contributed by atoms with Crippen molar-refractivity contribution in [1.29, 1.82) is 0 Å². The molecule has 0 spiro atoms. The van der Waals surface area contributed by atoms with Crippen molar-refractivity contribution in [2.75, 3.05) is 7.05 Å². The summed E-state index contributed by atoms with van der Waals surface area (Å²) in [7, 11) is 1.99. The highest BCUT2D eigenvalue weighted by Crippen LogP contribution is 2.28. The van der Waals surface area contributed by atoms with Gasteiger partial charge in [-0.3, -0.25) is 0 Å². The minimum atomic E-state index is 0.208. The van der Waals surface area contributed by atoms with Gasteiger partial charge in [-0.25, -0.2) is 0 Å². The predicted octanol–water partition coefficient (Wildman–Crippen LogP) is 5.08. The maximum Gasteiger partial charge on any atom is 0.0575 e. The largest absolute Gasteiger partial charge is 0.309 e. The third-order valence-corrected chi connectivity index (χ3v) is 4.14. The molecule has 0 saturated carbocycles. The van der Waals surface area contributed by atoms with E-state index in [2.05, 4.69) is 86.6 Å². The summed E-state index contributed by atoms with van der Waals surface area (Å²) in [5, 5.41) is 3.38. The lowest BCUT2D eigenvalue weighted by Crippen LogP contribution is -2.17. The van der Waals surface area contributed by atoms with Gasteiger partial charge in [0, 0.05) is 8.95 Å². The van der Waals surface area contributed by atoms with Crippen LogP contribution in [0.4, 0.5) is 0 Å². The van der Waals surface area contributed by atoms with Gasteiger partial charge < -0.3 is 5.32 Å². The number of nitrogens with one attached hydrogen (secondary N) is 1. The highest BCUT2D eigenvalue weighted by atomic mass is 79.9. The summed E-state index contributed by atoms with van der Waals surface area (Å²) in [5.74, 6) is 0. The number of aryl methyl sites for hydroxylation is 1. The van der Waals surface area contributed by atoms with Crippen molar-refractivity contribution in [1.82, 2.24) is 5.32 Å². The van der Waals surface area contributed by atoms with Crippen LogP contribution < -0.4 is 5.32 Å². The van der Waals surface area contributed by atoms with E-state index in [-0.39, 0.29) is 6.04 Å². The summed E-state index contributed by atoms with van der Waals surface area (Å²) < 4.78 is 2.17. The van der Waals surface area contributed by atoms with Crippen LogP contribution >= 0.6 is 31.9 Å². The first-order valence-corrected chi connectivity index (χ1v) is 7.94. The quantitative estimate of drug-likeness (QED) is 0.777. The molecular weight excluding hydrogens is 366 g/mol. The third-order valence-electron chi connectivity index (χ3n) is 3.23. The number of halogens is 2. The van der Waals surface area contributed by atoms with Crippen LogP contribution in [0.5, 0.6) is 0 Å². The molecule has 19 heavy (non-hydrogen) atoms. The first-order valence-electron chi connectivity index (χ1n) is 6.36. The van der Waals surface area contributed by atoms with Gasteiger partial charge in [0.15, 0.2) is 0 Å². The fourth-order valence-corrected chi connectivity index (χ4v) is 3.54. The van der Waals surface area contributed by atoms with Crippen LogP contribution in [-0.2, 0) is 6.42 Å². The van der Waals surface area contributed by atoms with E-state index in [4.69, 9.17) is 0 Å². The minimum absolute atomic E-state index is 0.208. The van der Waals surface area contributed by atoms with Crippen molar-refractivity contribution >= 4 is 31.9 Å². The molecule has 100 valence electrons. The van der Waals surface area contributed by atoms with Crippen molar-refractivity contribution in [2.45, 2.75) is 19.4 Å². The molecular formula is C16H17Br2N. The molecule has 2 rings (SSSR count). The van der Waals surface area contributed by atoms with Gasteiger partial charge in [0.1, 0.15) is 0 Å². The van der Waals surface area contributed by atoms with Crippen molar-refractivity contribution in [2.24, 2.45) is 0 Å². The molecule has 0 aliphatic carbocycles. The van der Waals surface area contributed by atoms with Gasteiger partial charge in [-0.15, -0.1) is 0 Å². The van der Waals surface area contributed by atoms with Crippen molar-refractivity contribution in [3.63, 3.8) is 0 Å². The molecule has 0 amide bonds. The Morgan fingerprint density at radius 3 is 2.00 bits per heavy atom. The molecule has 0 heterocycles. The second-order valence-electron chi connectivity index (χ2n) is 4.52. The molecule has 2 aromatic rings. The second-order valence-corrected chi connectivity index (χ2v) is 6.35. The average Bonchev–Trinajstić information content (AvgIpc) is 2.39. The fraction of sp³-hybridized carbons (Fsp3) is 0.250. The van der Waals surface area contributed by atoms with Gasteiger partial charge in [0.25, 0.3) is 0 Å². The first-order chi connectivity index (χ1) is 9.13. The van der Waals surface area contributed by atoms with Crippen molar-refractivity contribution in [3.8, 4) is 0 Å². The zero-order valence-corrected chi connectivity index (χ0v) is 14.3. The molecule has 0 aliphatic rings. The Labute approximate surface area is 131 Å². The topological polar surface area (TPSA) is 12.0 Å². The van der Waals surface area contributed by atoms with E-state index in [9.17, 15) is 0 Å². The number of rotatable bonds is 4. The van der Waals surface area contributed by atoms with E-state index in [1.165, 1.54) is 16.7 Å². The Kier molecular flexibility index (Phi) is 5.20. The molecule has 0 aromatic heterocycles. The number of hydrogen-bond acceptors (Lipinski definition) is 1. The summed E-state index contributed by atoms with van der Waals surface area (Å²) in [4.78, 5) is 0. The smallest absolute Gasteiger partial charge is 0.0575 e. The lowest BCUT2D eigenvalue weighted by Gasteiger charge is -2.18. The van der Waals surface area contributed by atoms with Crippen LogP contribution in [0.15, 0.2) is 51.4 Å². The Morgan fingerprint density at radius 1 is 0.947 bits per heavy atom. The number of hydrogen-bond donors (Lipinski definition) is 1. The van der Waals surface area contributed by atoms with Gasteiger partial charge in [0.2, 0.25) is 0 Å². The second kappa shape index (κ2) is 6.69. The summed E-state index contributed by atoms with van der Waals surface area (Å²) in [6.07, 6.45) is 1.08. The van der Waals surface area contributed by atoms with Crippen LogP contribution in [0.1, 0.15) is 29.7 Å². The fourth-order valence-electron chi connectivity index (χ4n) is 2.21. The molecule has 0 bridgehead atoms. The summed E-state index contributed by atoms with van der Waals surface area (Å²) in [6, 6.07) is 15.4. The summed E-state index contributed by atoms with van der Waals surface area (Å²) in [6.45, 7) is 2.18. The monoisotopic (exact) mass is 381 g/mol. The molecule has 1 atom stereocenters. The van der Waals surface area contributed by atoms with Gasteiger partial charge >= 0.3 is 0 Å². The van der Waals surface area contributed by atoms with Gasteiger partial charge in [0.05, 0.1) is 6.04 Å². The van der Waals surface area contributed by atoms with Gasteiger partial charge in [-0.1, -0.05) is 63.0 Å². The molecule has 1 unspecified atom stereocenters. The lowest BCUT2D eigenvalue weighted by atomic mass is 9.97. The first kappa shape index (κ1) is 14.8. The Hall–Kier alpha value is -0.640. The van der Waals surface area contributed by atoms with E-state index in [1.54, 1.807) is 0 Å². The molecule has 0 radical (unpaired) electrons. The molecule has 0 fully saturated rings. The van der Waals surface area contributed by atoms with E-state index in [0.29, 0.717) is 0 Å². The average molecular weight is 383 g/mol. The highest BCUT2D eigenvalue weighted by molar-refractivity contribution is 9.11. The standard InChI is InChI=1S/C16H17Br2N/c1-3-11-4-6-12(7-5-11)16(19-2)13-8-14(17)10-15(18)9-13/h4-10,16,19H,3H2,1-2H3. The van der Waals surface area contributed by atoms with E-state index >= 15 is 0 Å². The molecule has 1 nitrogen and oxygen atoms in total. The lowest BCUT2D eigenvalue weighted by molar-refractivity contribution is 0.690. The molecule has 0 aliphatic heterocycles. The Morgan fingerprint density at radius 2 is 1.53 bits per heavy atom.